The zero-order chi connectivity index (χ0) is 84.8. The van der Waals surface area contributed by atoms with E-state index in [0.29, 0.717) is 16.7 Å². The van der Waals surface area contributed by atoms with Gasteiger partial charge in [0.1, 0.15) is 0 Å². The Kier molecular flexibility index (Phi) is 22.7. The Bertz CT molecular complexity index is 6880. The van der Waals surface area contributed by atoms with Crippen LogP contribution < -0.4 is 59.5 Å². The molecule has 622 valence electrons. The van der Waals surface area contributed by atoms with Gasteiger partial charge in [0.2, 0.25) is 22.2 Å². The fraction of sp³-hybridized carbons (Fsp3) is 0.214. The molecule has 0 atom stereocenters. The average Bonchev–Trinajstić information content (AvgIpc) is 1.45. The van der Waals surface area contributed by atoms with Crippen LogP contribution in [0.25, 0.3) is 73.7 Å². The quantitative estimate of drug-likeness (QED) is 0.0356. The molecule has 0 unspecified atom stereocenters. The summed E-state index contributed by atoms with van der Waals surface area (Å²) in [6.07, 6.45) is 41.0. The molecule has 4 bridgehead atoms. The molecule has 26 nitrogen and oxygen atoms in total. The van der Waals surface area contributed by atoms with E-state index in [0.717, 1.165) is 169 Å². The molecule has 11 N–H and O–H groups in total. The Morgan fingerprint density at radius 2 is 0.742 bits per heavy atom. The van der Waals surface area contributed by atoms with E-state index in [4.69, 9.17) is 0 Å². The molecule has 12 aromatic heterocycles. The maximum atomic E-state index is 13.2. The van der Waals surface area contributed by atoms with Crippen molar-refractivity contribution in [2.45, 2.75) is 115 Å². The minimum atomic E-state index is -0.153. The first-order valence-corrected chi connectivity index (χ1v) is 42.2. The second-order valence-electron chi connectivity index (χ2n) is 33.0. The van der Waals surface area contributed by atoms with Crippen molar-refractivity contribution in [2.24, 2.45) is 17.8 Å². The number of carbonyl (C=O) groups is 3. The summed E-state index contributed by atoms with van der Waals surface area (Å²) in [7, 11) is 0. The lowest BCUT2D eigenvalue weighted by molar-refractivity contribution is -0.0167. The number of pyridine rings is 8. The smallest absolute Gasteiger partial charge is 0.251 e. The largest absolute Gasteiger partial charge is 0.352 e. The first kappa shape index (κ1) is 79.9. The van der Waals surface area contributed by atoms with E-state index in [1.165, 1.54) is 56.1 Å². The van der Waals surface area contributed by atoms with Crippen molar-refractivity contribution < 1.29 is 14.4 Å². The van der Waals surface area contributed by atoms with Crippen molar-refractivity contribution in [3.05, 3.63) is 338 Å². The lowest BCUT2D eigenvalue weighted by Crippen LogP contribution is -2.59. The molecule has 5 saturated carbocycles. The fourth-order valence-electron chi connectivity index (χ4n) is 18.5. The van der Waals surface area contributed by atoms with Crippen LogP contribution in [0.5, 0.6) is 0 Å². The van der Waals surface area contributed by atoms with Crippen molar-refractivity contribution in [3.63, 3.8) is 0 Å². The van der Waals surface area contributed by atoms with E-state index in [1.54, 1.807) is 86.0 Å². The van der Waals surface area contributed by atoms with Crippen LogP contribution in [0.2, 0.25) is 0 Å². The molecule has 0 aliphatic heterocycles. The number of nitrogens with zero attached hydrogens (tertiary/aromatic N) is 8. The van der Waals surface area contributed by atoms with Crippen molar-refractivity contribution in [2.75, 3.05) is 21.3 Å². The van der Waals surface area contributed by atoms with Crippen LogP contribution in [0, 0.1) is 17.8 Å². The summed E-state index contributed by atoms with van der Waals surface area (Å²) in [6, 6.07) is 58.7. The molecule has 3 amide bonds. The van der Waals surface area contributed by atoms with Crippen molar-refractivity contribution in [1.82, 2.24) is 73.4 Å². The monoisotopic (exact) mass is 1650 g/mol. The minimum absolute atomic E-state index is 0.00806. The number of nitrogens with one attached hydrogen (secondary N) is 11. The van der Waals surface area contributed by atoms with Crippen LogP contribution in [0.3, 0.4) is 0 Å². The van der Waals surface area contributed by atoms with E-state index >= 15 is 0 Å². The first-order valence-electron chi connectivity index (χ1n) is 42.2. The number of aromatic amines is 4. The Morgan fingerprint density at radius 1 is 0.395 bits per heavy atom. The standard InChI is InChI=1S/C29H29N5O2.C26H27N5O2.C22H21N5O2.C21H16N4O/c35-26-14-22(7-8-30-26)25-6-5-24(27-31-9-10-34(25)27)32-23-3-1-21(2-4-23)28(36)33-29-15-18-11-19(16-29)13-20(12-18)17-29;32-24-17-19(13-14-27-24)23-12-11-22(25-28-15-16-31(23)25)29-21-9-7-18(8-10-21)26(33)30-20-5-3-1-2-4-6-20;1-14(2)25-22(29)15-3-5-17(6-4-15)26-18-7-8-19(27-12-11-24-21(18)27)16-9-10-23-20(28)13-16;26-20-13-16(8-9-22-20)19-7-6-18(21-23-10-11-25(19)21)24-17-5-4-14-2-1-3-15(14)12-17/h1-10,14,18-20,32H,11-13,15-17H2,(H,30,35)(H,33,36);7-17,20,29H,1-6H2,(H,27,32)(H,30,33);3-14,26H,1-2H3,(H,23,28)(H,25,29);1,3-13,24H,2H2,(H,22,26). The second-order valence-corrected chi connectivity index (χ2v) is 33.0. The molecule has 124 heavy (non-hydrogen) atoms. The van der Waals surface area contributed by atoms with E-state index in [-0.39, 0.29) is 57.6 Å². The first-order chi connectivity index (χ1) is 60.5. The SMILES string of the molecule is CC(C)NC(=O)c1ccc(Nc2ccc(-c3cc[nH]c(=O)c3)n3ccnc23)cc1.O=C(NC12CC3CC(CC(C3)C1)C2)c1ccc(Nc2ccc(-c3cc[nH]c(=O)c3)n3ccnc23)cc1.O=C(NC1CCCCCC1)c1ccc(Nc2ccc(-c3cc[nH]c(=O)c3)n3ccnc23)cc1.O=c1cc(-c2ccc(Nc3ccc4c(c3)C=CC4)c3nccn23)cc[nH]1. The van der Waals surface area contributed by atoms with Crippen LogP contribution in [0.15, 0.2) is 288 Å². The summed E-state index contributed by atoms with van der Waals surface area (Å²) in [4.78, 5) is 113. The Labute approximate surface area is 712 Å². The normalized spacial score (nSPS) is 16.7. The topological polar surface area (TPSA) is 336 Å². The number of aromatic nitrogens is 12. The van der Waals surface area contributed by atoms with Crippen LogP contribution in [0.4, 0.5) is 45.5 Å². The van der Waals surface area contributed by atoms with Gasteiger partial charge in [-0.05, 0) is 258 Å². The zero-order valence-electron chi connectivity index (χ0n) is 68.5. The van der Waals surface area contributed by atoms with E-state index in [9.17, 15) is 33.6 Å². The van der Waals surface area contributed by atoms with Crippen molar-refractivity contribution >= 4 is 91.9 Å². The second kappa shape index (κ2) is 35.2. The van der Waals surface area contributed by atoms with Gasteiger partial charge in [0.15, 0.2) is 22.6 Å². The number of hydrogen-bond acceptors (Lipinski definition) is 15. The maximum absolute atomic E-state index is 13.2. The third-order valence-electron chi connectivity index (χ3n) is 23.8. The van der Waals surface area contributed by atoms with Gasteiger partial charge in [0, 0.05) is 178 Å². The highest BCUT2D eigenvalue weighted by Gasteiger charge is 2.51. The molecule has 5 fully saturated rings. The average molecular weight is 1650 g/mol. The number of benzene rings is 4. The lowest BCUT2D eigenvalue weighted by Gasteiger charge is -2.56. The Hall–Kier alpha value is -15.2. The molecule has 6 aliphatic carbocycles. The van der Waals surface area contributed by atoms with Gasteiger partial charge in [-0.2, -0.15) is 0 Å². The van der Waals surface area contributed by atoms with Crippen LogP contribution >= 0.6 is 0 Å². The molecule has 4 aromatic carbocycles. The Morgan fingerprint density at radius 3 is 1.10 bits per heavy atom. The minimum Gasteiger partial charge on any atom is -0.352 e. The van der Waals surface area contributed by atoms with Gasteiger partial charge in [0.05, 0.1) is 45.5 Å². The molecule has 6 aliphatic rings. The van der Waals surface area contributed by atoms with Gasteiger partial charge < -0.3 is 57.2 Å². The number of allylic oxidation sites excluding steroid dienone is 1. The van der Waals surface area contributed by atoms with Gasteiger partial charge in [-0.1, -0.05) is 43.9 Å². The summed E-state index contributed by atoms with van der Waals surface area (Å²) in [5.74, 6) is 2.35. The zero-order valence-corrected chi connectivity index (χ0v) is 68.5. The highest BCUT2D eigenvalue weighted by Crippen LogP contribution is 2.56. The van der Waals surface area contributed by atoms with Gasteiger partial charge in [0.25, 0.3) is 17.7 Å². The molecule has 0 saturated heterocycles. The molecule has 26 heteroatoms. The Balaban J connectivity index is 0.000000113. The van der Waals surface area contributed by atoms with Gasteiger partial charge in [-0.3, -0.25) is 51.2 Å². The molecule has 16 aromatic rings. The third kappa shape index (κ3) is 17.8. The number of hydrogen-bond donors (Lipinski definition) is 11. The van der Waals surface area contributed by atoms with Crippen LogP contribution in [-0.4, -0.2) is 92.8 Å². The van der Waals surface area contributed by atoms with Gasteiger partial charge in [-0.25, -0.2) is 19.9 Å². The summed E-state index contributed by atoms with van der Waals surface area (Å²) in [5.41, 5.74) is 21.0. The number of amides is 3. The molecule has 12 heterocycles. The summed E-state index contributed by atoms with van der Waals surface area (Å²) < 4.78 is 7.84. The molecular weight excluding hydrogens is 1560 g/mol. The number of imidazole rings is 4. The van der Waals surface area contributed by atoms with Crippen molar-refractivity contribution in [1.29, 1.82) is 0 Å². The predicted octanol–water partition coefficient (Wildman–Crippen LogP) is 17.6. The lowest BCUT2D eigenvalue weighted by atomic mass is 9.53. The van der Waals surface area contributed by atoms with E-state index < -0.39 is 0 Å². The number of rotatable bonds is 18. The number of fused-ring (bicyclic) bond motifs is 5. The summed E-state index contributed by atoms with van der Waals surface area (Å²) in [5, 5.41) is 23.2. The molecule has 22 rings (SSSR count). The summed E-state index contributed by atoms with van der Waals surface area (Å²) in [6.45, 7) is 3.86. The highest BCUT2D eigenvalue weighted by atomic mass is 16.2. The fourth-order valence-corrected chi connectivity index (χ4v) is 18.5. The molecular formula is C98H93N19O7. The number of carbonyl (C=O) groups excluding carboxylic acids is 3. The highest BCUT2D eigenvalue weighted by molar-refractivity contribution is 5.97. The molecule has 0 radical (unpaired) electrons. The van der Waals surface area contributed by atoms with E-state index in [2.05, 4.69) is 107 Å². The summed E-state index contributed by atoms with van der Waals surface area (Å²) >= 11 is 0. The van der Waals surface area contributed by atoms with E-state index in [1.807, 2.05) is 190 Å². The van der Waals surface area contributed by atoms with Crippen LogP contribution in [-0.2, 0) is 6.42 Å². The number of H-pyrrole nitrogens is 4. The predicted molar refractivity (Wildman–Crippen MR) is 487 cm³/mol. The third-order valence-corrected chi connectivity index (χ3v) is 23.8. The molecule has 0 spiro atoms. The van der Waals surface area contributed by atoms with Crippen molar-refractivity contribution in [3.8, 4) is 45.0 Å². The maximum Gasteiger partial charge on any atom is 0.251 e. The number of anilines is 8. The van der Waals surface area contributed by atoms with Crippen LogP contribution in [0.1, 0.15) is 133 Å². The van der Waals surface area contributed by atoms with Gasteiger partial charge in [-0.15, -0.1) is 0 Å². The van der Waals surface area contributed by atoms with Gasteiger partial charge >= 0.3 is 0 Å².